The van der Waals surface area contributed by atoms with Crippen LogP contribution < -0.4 is 14.8 Å². The number of hydrogen-bond acceptors (Lipinski definition) is 3. The van der Waals surface area contributed by atoms with Gasteiger partial charge in [0.1, 0.15) is 6.61 Å². The number of nitrogens with one attached hydrogen (secondary N) is 1. The molecule has 0 aromatic heterocycles. The summed E-state index contributed by atoms with van der Waals surface area (Å²) >= 11 is 12.5. The van der Waals surface area contributed by atoms with Crippen molar-refractivity contribution in [1.29, 1.82) is 0 Å². The summed E-state index contributed by atoms with van der Waals surface area (Å²) in [5, 5.41) is 4.57. The zero-order valence-corrected chi connectivity index (χ0v) is 16.8. The molecule has 1 N–H and O–H groups in total. The molecule has 140 valence electrons. The fourth-order valence-corrected chi connectivity index (χ4v) is 3.21. The summed E-state index contributed by atoms with van der Waals surface area (Å²) in [6.07, 6.45) is 0. The molecule has 5 heteroatoms. The molecule has 0 aliphatic carbocycles. The Labute approximate surface area is 169 Å². The van der Waals surface area contributed by atoms with Gasteiger partial charge in [0.05, 0.1) is 7.11 Å². The Bertz CT molecular complexity index is 890. The predicted octanol–water partition coefficient (Wildman–Crippen LogP) is 6.50. The van der Waals surface area contributed by atoms with Crippen LogP contribution in [-0.4, -0.2) is 7.11 Å². The topological polar surface area (TPSA) is 30.5 Å². The highest BCUT2D eigenvalue weighted by Crippen LogP contribution is 2.34. The minimum absolute atomic E-state index is 0.260. The Morgan fingerprint density at radius 1 is 0.889 bits per heavy atom. The number of halogens is 2. The Balaban J connectivity index is 1.79. The van der Waals surface area contributed by atoms with Crippen molar-refractivity contribution in [3.05, 3.63) is 87.4 Å². The summed E-state index contributed by atoms with van der Waals surface area (Å²) in [5.74, 6) is 1.34. The molecule has 0 aliphatic heterocycles. The number of benzene rings is 3. The van der Waals surface area contributed by atoms with Crippen LogP contribution in [0.25, 0.3) is 0 Å². The summed E-state index contributed by atoms with van der Waals surface area (Å²) in [6, 6.07) is 19.5. The summed E-state index contributed by atoms with van der Waals surface area (Å²) in [4.78, 5) is 0. The van der Waals surface area contributed by atoms with Gasteiger partial charge in [0.25, 0.3) is 0 Å². The molecule has 3 aromatic rings. The number of aryl methyl sites for hydroxylation is 1. The number of rotatable bonds is 7. The van der Waals surface area contributed by atoms with E-state index in [4.69, 9.17) is 32.7 Å². The van der Waals surface area contributed by atoms with Gasteiger partial charge in [-0.15, -0.1) is 0 Å². The van der Waals surface area contributed by atoms with Gasteiger partial charge in [0.2, 0.25) is 0 Å². The van der Waals surface area contributed by atoms with Crippen LogP contribution in [0.4, 0.5) is 5.69 Å². The average Bonchev–Trinajstić information content (AvgIpc) is 2.67. The molecule has 0 fully saturated rings. The highest BCUT2D eigenvalue weighted by molar-refractivity contribution is 6.35. The van der Waals surface area contributed by atoms with E-state index in [2.05, 4.69) is 36.5 Å². The van der Waals surface area contributed by atoms with Gasteiger partial charge < -0.3 is 14.8 Å². The highest BCUT2D eigenvalue weighted by Gasteiger charge is 2.13. The summed E-state index contributed by atoms with van der Waals surface area (Å²) in [5.41, 5.74) is 4.01. The van der Waals surface area contributed by atoms with Gasteiger partial charge in [0.15, 0.2) is 11.5 Å². The van der Waals surface area contributed by atoms with E-state index >= 15 is 0 Å². The lowest BCUT2D eigenvalue weighted by atomic mass is 10.1. The number of methoxy groups -OCH3 is 1. The first-order valence-corrected chi connectivity index (χ1v) is 9.36. The minimum Gasteiger partial charge on any atom is -0.493 e. The van der Waals surface area contributed by atoms with Gasteiger partial charge in [-0.3, -0.25) is 0 Å². The Hall–Kier alpha value is -2.36. The van der Waals surface area contributed by atoms with Gasteiger partial charge in [-0.25, -0.2) is 0 Å². The second kappa shape index (κ2) is 9.03. The van der Waals surface area contributed by atoms with E-state index in [0.29, 0.717) is 28.1 Å². The first-order chi connectivity index (χ1) is 13.1. The van der Waals surface area contributed by atoms with Gasteiger partial charge in [0, 0.05) is 33.4 Å². The fourth-order valence-electron chi connectivity index (χ4n) is 2.71. The Kier molecular flexibility index (Phi) is 6.49. The van der Waals surface area contributed by atoms with Crippen LogP contribution >= 0.6 is 23.2 Å². The standard InChI is InChI=1S/C22H21Cl2NO2/c1-15-9-11-17(12-10-15)25-13-16-5-3-8-21(26-2)22(16)27-14-18-19(23)6-4-7-20(18)24/h3-12,25H,13-14H2,1-2H3. The van der Waals surface area contributed by atoms with Crippen molar-refractivity contribution in [3.8, 4) is 11.5 Å². The second-order valence-corrected chi connectivity index (χ2v) is 6.97. The van der Waals surface area contributed by atoms with Crippen molar-refractivity contribution >= 4 is 28.9 Å². The first-order valence-electron chi connectivity index (χ1n) is 8.60. The van der Waals surface area contributed by atoms with E-state index in [0.717, 1.165) is 16.8 Å². The quantitative estimate of drug-likeness (QED) is 0.489. The number of anilines is 1. The molecule has 0 aliphatic rings. The Morgan fingerprint density at radius 3 is 2.22 bits per heavy atom. The molecule has 27 heavy (non-hydrogen) atoms. The second-order valence-electron chi connectivity index (χ2n) is 6.16. The Morgan fingerprint density at radius 2 is 1.56 bits per heavy atom. The van der Waals surface area contributed by atoms with Crippen LogP contribution in [0.3, 0.4) is 0 Å². The van der Waals surface area contributed by atoms with Gasteiger partial charge in [-0.2, -0.15) is 0 Å². The number of ether oxygens (including phenoxy) is 2. The number of para-hydroxylation sites is 1. The summed E-state index contributed by atoms with van der Waals surface area (Å²) in [7, 11) is 1.63. The maximum absolute atomic E-state index is 6.26. The monoisotopic (exact) mass is 401 g/mol. The fraction of sp³-hybridized carbons (Fsp3) is 0.182. The lowest BCUT2D eigenvalue weighted by Gasteiger charge is -2.17. The van der Waals surface area contributed by atoms with E-state index in [-0.39, 0.29) is 6.61 Å². The van der Waals surface area contributed by atoms with Crippen molar-refractivity contribution in [2.75, 3.05) is 12.4 Å². The van der Waals surface area contributed by atoms with Gasteiger partial charge in [-0.1, -0.05) is 59.1 Å². The third-order valence-electron chi connectivity index (χ3n) is 4.24. The number of hydrogen-bond donors (Lipinski definition) is 1. The van der Waals surface area contributed by atoms with Crippen molar-refractivity contribution in [3.63, 3.8) is 0 Å². The minimum atomic E-state index is 0.260. The predicted molar refractivity (Wildman–Crippen MR) is 112 cm³/mol. The molecule has 0 spiro atoms. The largest absolute Gasteiger partial charge is 0.493 e. The molecule has 0 atom stereocenters. The van der Waals surface area contributed by atoms with Crippen LogP contribution in [0, 0.1) is 6.92 Å². The lowest BCUT2D eigenvalue weighted by Crippen LogP contribution is -2.06. The van der Waals surface area contributed by atoms with Crippen LogP contribution in [0.1, 0.15) is 16.7 Å². The first kappa shape index (κ1) is 19.4. The molecular weight excluding hydrogens is 381 g/mol. The third kappa shape index (κ3) is 4.88. The average molecular weight is 402 g/mol. The van der Waals surface area contributed by atoms with Crippen LogP contribution in [0.2, 0.25) is 10.0 Å². The van der Waals surface area contributed by atoms with Gasteiger partial charge >= 0.3 is 0 Å². The van der Waals surface area contributed by atoms with E-state index in [1.165, 1.54) is 5.56 Å². The van der Waals surface area contributed by atoms with Crippen LogP contribution in [-0.2, 0) is 13.2 Å². The SMILES string of the molecule is COc1cccc(CNc2ccc(C)cc2)c1OCc1c(Cl)cccc1Cl. The zero-order chi connectivity index (χ0) is 19.2. The summed E-state index contributed by atoms with van der Waals surface area (Å²) < 4.78 is 11.6. The molecule has 0 saturated carbocycles. The van der Waals surface area contributed by atoms with Crippen LogP contribution in [0.15, 0.2) is 60.7 Å². The molecule has 0 radical (unpaired) electrons. The van der Waals surface area contributed by atoms with Crippen molar-refractivity contribution in [2.24, 2.45) is 0 Å². The molecule has 3 aromatic carbocycles. The lowest BCUT2D eigenvalue weighted by molar-refractivity contribution is 0.282. The third-order valence-corrected chi connectivity index (χ3v) is 4.95. The van der Waals surface area contributed by atoms with E-state index < -0.39 is 0 Å². The van der Waals surface area contributed by atoms with Gasteiger partial charge in [-0.05, 0) is 37.3 Å². The molecule has 0 saturated heterocycles. The smallest absolute Gasteiger partial charge is 0.166 e. The maximum atomic E-state index is 6.26. The molecule has 3 rings (SSSR count). The van der Waals surface area contributed by atoms with Crippen molar-refractivity contribution in [1.82, 2.24) is 0 Å². The molecule has 0 heterocycles. The van der Waals surface area contributed by atoms with E-state index in [1.807, 2.05) is 24.3 Å². The normalized spacial score (nSPS) is 10.5. The molecule has 0 amide bonds. The maximum Gasteiger partial charge on any atom is 0.166 e. The van der Waals surface area contributed by atoms with E-state index in [1.54, 1.807) is 19.2 Å². The van der Waals surface area contributed by atoms with E-state index in [9.17, 15) is 0 Å². The summed E-state index contributed by atoms with van der Waals surface area (Å²) in [6.45, 7) is 2.93. The molecule has 0 unspecified atom stereocenters. The molecule has 3 nitrogen and oxygen atoms in total. The van der Waals surface area contributed by atoms with Crippen molar-refractivity contribution in [2.45, 2.75) is 20.1 Å². The molecular formula is C22H21Cl2NO2. The highest BCUT2D eigenvalue weighted by atomic mass is 35.5. The van der Waals surface area contributed by atoms with Crippen LogP contribution in [0.5, 0.6) is 11.5 Å². The molecule has 0 bridgehead atoms. The van der Waals surface area contributed by atoms with Crippen molar-refractivity contribution < 1.29 is 9.47 Å². The zero-order valence-electron chi connectivity index (χ0n) is 15.3.